The van der Waals surface area contributed by atoms with E-state index in [1.807, 2.05) is 24.3 Å². The van der Waals surface area contributed by atoms with Crippen molar-refractivity contribution in [2.75, 3.05) is 26.2 Å². The van der Waals surface area contributed by atoms with E-state index in [1.54, 1.807) is 6.20 Å². The molecule has 4 heteroatoms. The number of fused-ring (bicyclic) bond motifs is 1. The average Bonchev–Trinajstić information content (AvgIpc) is 2.93. The van der Waals surface area contributed by atoms with E-state index in [0.29, 0.717) is 12.0 Å². The Kier molecular flexibility index (Phi) is 3.51. The van der Waals surface area contributed by atoms with Crippen LogP contribution >= 0.6 is 0 Å². The topological polar surface area (TPSA) is 45.3 Å². The molecule has 2 aromatic rings. The molecule has 1 aromatic heterocycles. The number of ether oxygens (including phenoxy) is 1. The van der Waals surface area contributed by atoms with Crippen molar-refractivity contribution in [3.63, 3.8) is 0 Å². The second-order valence-corrected chi connectivity index (χ2v) is 4.92. The molecule has 0 radical (unpaired) electrons. The SMILES string of the molecule is O=c1[nH]ccc2c(OCCN3CCCC3)cccc12. The van der Waals surface area contributed by atoms with E-state index >= 15 is 0 Å². The van der Waals surface area contributed by atoms with Crippen LogP contribution in [0.1, 0.15) is 12.8 Å². The number of rotatable bonds is 4. The molecule has 4 nitrogen and oxygen atoms in total. The molecule has 1 N–H and O–H groups in total. The summed E-state index contributed by atoms with van der Waals surface area (Å²) in [5, 5.41) is 1.56. The van der Waals surface area contributed by atoms with Gasteiger partial charge >= 0.3 is 0 Å². The van der Waals surface area contributed by atoms with Gasteiger partial charge in [-0.2, -0.15) is 0 Å². The Morgan fingerprint density at radius 1 is 1.16 bits per heavy atom. The van der Waals surface area contributed by atoms with Crippen molar-refractivity contribution in [1.29, 1.82) is 0 Å². The highest BCUT2D eigenvalue weighted by molar-refractivity contribution is 5.87. The van der Waals surface area contributed by atoms with Crippen molar-refractivity contribution in [1.82, 2.24) is 9.88 Å². The molecular formula is C15H18N2O2. The summed E-state index contributed by atoms with van der Waals surface area (Å²) >= 11 is 0. The van der Waals surface area contributed by atoms with Crippen LogP contribution in [-0.2, 0) is 0 Å². The predicted molar refractivity (Wildman–Crippen MR) is 75.7 cm³/mol. The number of H-pyrrole nitrogens is 1. The Morgan fingerprint density at radius 2 is 2.00 bits per heavy atom. The van der Waals surface area contributed by atoms with Gasteiger partial charge in [-0.15, -0.1) is 0 Å². The van der Waals surface area contributed by atoms with Crippen LogP contribution < -0.4 is 10.3 Å². The van der Waals surface area contributed by atoms with Gasteiger partial charge in [-0.3, -0.25) is 9.69 Å². The molecule has 2 heterocycles. The van der Waals surface area contributed by atoms with E-state index in [4.69, 9.17) is 4.74 Å². The third-order valence-electron chi connectivity index (χ3n) is 3.64. The van der Waals surface area contributed by atoms with Crippen LogP contribution in [0.15, 0.2) is 35.3 Å². The van der Waals surface area contributed by atoms with Gasteiger partial charge in [0.2, 0.25) is 0 Å². The maximum absolute atomic E-state index is 11.7. The Hall–Kier alpha value is -1.81. The van der Waals surface area contributed by atoms with Crippen LogP contribution in [0.3, 0.4) is 0 Å². The van der Waals surface area contributed by atoms with Gasteiger partial charge in [0.25, 0.3) is 5.56 Å². The average molecular weight is 258 g/mol. The first kappa shape index (κ1) is 12.2. The van der Waals surface area contributed by atoms with E-state index in [1.165, 1.54) is 25.9 Å². The Bertz CT molecular complexity index is 615. The maximum Gasteiger partial charge on any atom is 0.255 e. The van der Waals surface area contributed by atoms with Gasteiger partial charge in [-0.1, -0.05) is 6.07 Å². The largest absolute Gasteiger partial charge is 0.492 e. The summed E-state index contributed by atoms with van der Waals surface area (Å²) in [6, 6.07) is 7.50. The Labute approximate surface area is 112 Å². The summed E-state index contributed by atoms with van der Waals surface area (Å²) in [7, 11) is 0. The second kappa shape index (κ2) is 5.45. The fourth-order valence-electron chi connectivity index (χ4n) is 2.61. The summed E-state index contributed by atoms with van der Waals surface area (Å²) in [6.07, 6.45) is 4.26. The number of nitrogens with one attached hydrogen (secondary N) is 1. The zero-order chi connectivity index (χ0) is 13.1. The van der Waals surface area contributed by atoms with Gasteiger partial charge in [0, 0.05) is 18.1 Å². The molecule has 1 aliphatic heterocycles. The standard InChI is InChI=1S/C15H18N2O2/c18-15-13-4-3-5-14(12(13)6-7-16-15)19-11-10-17-8-1-2-9-17/h3-7H,1-2,8-11H2,(H,16,18). The van der Waals surface area contributed by atoms with Gasteiger partial charge in [-0.05, 0) is 44.1 Å². The number of benzene rings is 1. The van der Waals surface area contributed by atoms with Gasteiger partial charge in [0.15, 0.2) is 0 Å². The highest BCUT2D eigenvalue weighted by Gasteiger charge is 2.11. The molecule has 1 aromatic carbocycles. The van der Waals surface area contributed by atoms with Crippen LogP contribution in [0, 0.1) is 0 Å². The molecule has 0 aliphatic carbocycles. The van der Waals surface area contributed by atoms with E-state index in [9.17, 15) is 4.79 Å². The molecule has 3 rings (SSSR count). The van der Waals surface area contributed by atoms with Crippen molar-refractivity contribution in [2.45, 2.75) is 12.8 Å². The number of aromatic nitrogens is 1. The minimum atomic E-state index is -0.0671. The maximum atomic E-state index is 11.7. The molecule has 1 saturated heterocycles. The lowest BCUT2D eigenvalue weighted by Gasteiger charge is -2.15. The minimum Gasteiger partial charge on any atom is -0.492 e. The van der Waals surface area contributed by atoms with Crippen molar-refractivity contribution < 1.29 is 4.74 Å². The smallest absolute Gasteiger partial charge is 0.255 e. The summed E-state index contributed by atoms with van der Waals surface area (Å²) in [5.74, 6) is 0.794. The fourth-order valence-corrected chi connectivity index (χ4v) is 2.61. The summed E-state index contributed by atoms with van der Waals surface area (Å²) in [4.78, 5) is 16.8. The van der Waals surface area contributed by atoms with E-state index in [-0.39, 0.29) is 5.56 Å². The Morgan fingerprint density at radius 3 is 2.84 bits per heavy atom. The molecule has 0 bridgehead atoms. The van der Waals surface area contributed by atoms with Crippen LogP contribution in [0.5, 0.6) is 5.75 Å². The second-order valence-electron chi connectivity index (χ2n) is 4.92. The lowest BCUT2D eigenvalue weighted by atomic mass is 10.1. The molecule has 1 fully saturated rings. The molecular weight excluding hydrogens is 240 g/mol. The third-order valence-corrected chi connectivity index (χ3v) is 3.64. The number of nitrogens with zero attached hydrogens (tertiary/aromatic N) is 1. The number of aromatic amines is 1. The molecule has 0 spiro atoms. The summed E-state index contributed by atoms with van der Waals surface area (Å²) < 4.78 is 5.84. The van der Waals surface area contributed by atoms with Crippen LogP contribution in [0.4, 0.5) is 0 Å². The molecule has 0 amide bonds. The zero-order valence-corrected chi connectivity index (χ0v) is 10.9. The van der Waals surface area contributed by atoms with Crippen LogP contribution in [0.2, 0.25) is 0 Å². The predicted octanol–water partition coefficient (Wildman–Crippen LogP) is 2.00. The normalized spacial score (nSPS) is 16.0. The van der Waals surface area contributed by atoms with Gasteiger partial charge in [0.05, 0.1) is 5.39 Å². The van der Waals surface area contributed by atoms with Crippen molar-refractivity contribution in [3.8, 4) is 5.75 Å². The van der Waals surface area contributed by atoms with E-state index in [2.05, 4.69) is 9.88 Å². The molecule has 1 aliphatic rings. The Balaban J connectivity index is 1.73. The molecule has 19 heavy (non-hydrogen) atoms. The zero-order valence-electron chi connectivity index (χ0n) is 10.9. The highest BCUT2D eigenvalue weighted by Crippen LogP contribution is 2.22. The van der Waals surface area contributed by atoms with Gasteiger partial charge in [0.1, 0.15) is 12.4 Å². The summed E-state index contributed by atoms with van der Waals surface area (Å²) in [6.45, 7) is 3.99. The quantitative estimate of drug-likeness (QED) is 0.912. The monoisotopic (exact) mass is 258 g/mol. The third kappa shape index (κ3) is 2.63. The van der Waals surface area contributed by atoms with Crippen molar-refractivity contribution >= 4 is 10.8 Å². The van der Waals surface area contributed by atoms with Crippen LogP contribution in [-0.4, -0.2) is 36.1 Å². The molecule has 0 saturated carbocycles. The van der Waals surface area contributed by atoms with E-state index < -0.39 is 0 Å². The first-order valence-corrected chi connectivity index (χ1v) is 6.80. The summed E-state index contributed by atoms with van der Waals surface area (Å²) in [5.41, 5.74) is -0.0671. The van der Waals surface area contributed by atoms with Gasteiger partial charge < -0.3 is 9.72 Å². The molecule has 100 valence electrons. The fraction of sp³-hybridized carbons (Fsp3) is 0.400. The van der Waals surface area contributed by atoms with E-state index in [0.717, 1.165) is 17.7 Å². The van der Waals surface area contributed by atoms with Crippen molar-refractivity contribution in [2.24, 2.45) is 0 Å². The number of hydrogen-bond acceptors (Lipinski definition) is 3. The number of likely N-dealkylation sites (tertiary alicyclic amines) is 1. The lowest BCUT2D eigenvalue weighted by molar-refractivity contribution is 0.239. The minimum absolute atomic E-state index is 0.0671. The highest BCUT2D eigenvalue weighted by atomic mass is 16.5. The van der Waals surface area contributed by atoms with Crippen LogP contribution in [0.25, 0.3) is 10.8 Å². The lowest BCUT2D eigenvalue weighted by Crippen LogP contribution is -2.25. The number of hydrogen-bond donors (Lipinski definition) is 1. The first-order valence-electron chi connectivity index (χ1n) is 6.80. The molecule has 0 atom stereocenters. The molecule has 0 unspecified atom stereocenters. The van der Waals surface area contributed by atoms with Gasteiger partial charge in [-0.25, -0.2) is 0 Å². The number of pyridine rings is 1. The van der Waals surface area contributed by atoms with Crippen molar-refractivity contribution in [3.05, 3.63) is 40.8 Å². The first-order chi connectivity index (χ1) is 9.34.